The summed E-state index contributed by atoms with van der Waals surface area (Å²) in [6, 6.07) is 4.03. The number of amides is 1. The predicted molar refractivity (Wildman–Crippen MR) is 66.3 cm³/mol. The van der Waals surface area contributed by atoms with Crippen LogP contribution in [0.15, 0.2) is 24.5 Å². The molecular formula is C13H19N3O. The third-order valence-electron chi connectivity index (χ3n) is 3.53. The van der Waals surface area contributed by atoms with Crippen molar-refractivity contribution in [3.8, 4) is 0 Å². The van der Waals surface area contributed by atoms with Crippen LogP contribution in [0, 0.1) is 0 Å². The fraction of sp³-hybridized carbons (Fsp3) is 0.538. The SMILES string of the molecule is NC(=O)[C@]1(CCCc2ccncc2)CCCN1. The van der Waals surface area contributed by atoms with Crippen LogP contribution in [0.3, 0.4) is 0 Å². The Morgan fingerprint density at radius 3 is 2.82 bits per heavy atom. The zero-order valence-corrected chi connectivity index (χ0v) is 9.98. The van der Waals surface area contributed by atoms with Gasteiger partial charge in [-0.25, -0.2) is 0 Å². The number of hydrogen-bond donors (Lipinski definition) is 2. The highest BCUT2D eigenvalue weighted by molar-refractivity contribution is 5.85. The highest BCUT2D eigenvalue weighted by Crippen LogP contribution is 2.25. The number of nitrogens with one attached hydrogen (secondary N) is 1. The molecule has 4 heteroatoms. The Kier molecular flexibility index (Phi) is 3.74. The molecule has 0 unspecified atom stereocenters. The van der Waals surface area contributed by atoms with Gasteiger partial charge in [-0.15, -0.1) is 0 Å². The number of rotatable bonds is 5. The van der Waals surface area contributed by atoms with Crippen molar-refractivity contribution >= 4 is 5.91 Å². The highest BCUT2D eigenvalue weighted by Gasteiger charge is 2.38. The maximum Gasteiger partial charge on any atom is 0.237 e. The summed E-state index contributed by atoms with van der Waals surface area (Å²) < 4.78 is 0. The summed E-state index contributed by atoms with van der Waals surface area (Å²) in [5, 5.41) is 3.27. The van der Waals surface area contributed by atoms with Gasteiger partial charge in [0.25, 0.3) is 0 Å². The molecule has 0 aromatic carbocycles. The van der Waals surface area contributed by atoms with Crippen molar-refractivity contribution in [1.29, 1.82) is 0 Å². The first-order chi connectivity index (χ1) is 8.23. The molecule has 1 atom stereocenters. The molecule has 0 saturated carbocycles. The minimum absolute atomic E-state index is 0.204. The van der Waals surface area contributed by atoms with Crippen LogP contribution < -0.4 is 11.1 Å². The van der Waals surface area contributed by atoms with Crippen molar-refractivity contribution in [3.63, 3.8) is 0 Å². The lowest BCUT2D eigenvalue weighted by Crippen LogP contribution is -2.51. The lowest BCUT2D eigenvalue weighted by molar-refractivity contribution is -0.124. The Hall–Kier alpha value is -1.42. The minimum atomic E-state index is -0.451. The molecule has 2 rings (SSSR count). The van der Waals surface area contributed by atoms with Gasteiger partial charge in [0.1, 0.15) is 0 Å². The van der Waals surface area contributed by atoms with Gasteiger partial charge in [-0.2, -0.15) is 0 Å². The van der Waals surface area contributed by atoms with Crippen LogP contribution in [0.2, 0.25) is 0 Å². The van der Waals surface area contributed by atoms with Crippen molar-refractivity contribution in [3.05, 3.63) is 30.1 Å². The molecule has 2 heterocycles. The molecule has 92 valence electrons. The smallest absolute Gasteiger partial charge is 0.237 e. The quantitative estimate of drug-likeness (QED) is 0.797. The molecule has 1 fully saturated rings. The zero-order valence-electron chi connectivity index (χ0n) is 9.98. The number of aryl methyl sites for hydroxylation is 1. The summed E-state index contributed by atoms with van der Waals surface area (Å²) in [5.74, 6) is -0.204. The van der Waals surface area contributed by atoms with Gasteiger partial charge in [0.15, 0.2) is 0 Å². The van der Waals surface area contributed by atoms with E-state index < -0.39 is 5.54 Å². The van der Waals surface area contributed by atoms with Crippen LogP contribution in [0.4, 0.5) is 0 Å². The second kappa shape index (κ2) is 5.27. The molecule has 3 N–H and O–H groups in total. The van der Waals surface area contributed by atoms with Gasteiger partial charge >= 0.3 is 0 Å². The van der Waals surface area contributed by atoms with Crippen molar-refractivity contribution < 1.29 is 4.79 Å². The van der Waals surface area contributed by atoms with E-state index >= 15 is 0 Å². The molecule has 1 aromatic heterocycles. The molecule has 17 heavy (non-hydrogen) atoms. The molecular weight excluding hydrogens is 214 g/mol. The summed E-state index contributed by atoms with van der Waals surface area (Å²) in [6.07, 6.45) is 8.28. The second-order valence-electron chi connectivity index (χ2n) is 4.69. The van der Waals surface area contributed by atoms with Crippen molar-refractivity contribution in [2.24, 2.45) is 5.73 Å². The fourth-order valence-corrected chi connectivity index (χ4v) is 2.50. The van der Waals surface area contributed by atoms with Crippen molar-refractivity contribution in [2.45, 2.75) is 37.6 Å². The number of carbonyl (C=O) groups is 1. The van der Waals surface area contributed by atoms with Crippen LogP contribution in [0.5, 0.6) is 0 Å². The highest BCUT2D eigenvalue weighted by atomic mass is 16.1. The number of hydrogen-bond acceptors (Lipinski definition) is 3. The lowest BCUT2D eigenvalue weighted by Gasteiger charge is -2.25. The van der Waals surface area contributed by atoms with Gasteiger partial charge in [-0.05, 0) is 56.3 Å². The van der Waals surface area contributed by atoms with E-state index in [0.29, 0.717) is 0 Å². The molecule has 1 aliphatic heterocycles. The van der Waals surface area contributed by atoms with E-state index in [4.69, 9.17) is 5.73 Å². The third-order valence-corrected chi connectivity index (χ3v) is 3.53. The van der Waals surface area contributed by atoms with Crippen LogP contribution in [-0.2, 0) is 11.2 Å². The van der Waals surface area contributed by atoms with E-state index in [1.807, 2.05) is 12.1 Å². The fourth-order valence-electron chi connectivity index (χ4n) is 2.50. The Morgan fingerprint density at radius 1 is 1.47 bits per heavy atom. The van der Waals surface area contributed by atoms with E-state index in [-0.39, 0.29) is 5.91 Å². The molecule has 1 amide bonds. The van der Waals surface area contributed by atoms with Gasteiger partial charge in [0.05, 0.1) is 5.54 Å². The first-order valence-corrected chi connectivity index (χ1v) is 6.17. The topological polar surface area (TPSA) is 68.0 Å². The number of primary amides is 1. The molecule has 1 aliphatic rings. The van der Waals surface area contributed by atoms with Crippen LogP contribution in [0.1, 0.15) is 31.2 Å². The Bertz CT molecular complexity index is 372. The maximum atomic E-state index is 11.5. The zero-order chi connectivity index (χ0) is 12.1. The molecule has 1 aromatic rings. The molecule has 0 bridgehead atoms. The van der Waals surface area contributed by atoms with Gasteiger partial charge in [-0.1, -0.05) is 0 Å². The van der Waals surface area contributed by atoms with Gasteiger partial charge in [0, 0.05) is 12.4 Å². The summed E-state index contributed by atoms with van der Waals surface area (Å²) in [6.45, 7) is 0.901. The first-order valence-electron chi connectivity index (χ1n) is 6.17. The van der Waals surface area contributed by atoms with E-state index in [0.717, 1.165) is 38.6 Å². The number of nitrogens with two attached hydrogens (primary N) is 1. The van der Waals surface area contributed by atoms with Gasteiger partial charge < -0.3 is 11.1 Å². The van der Waals surface area contributed by atoms with E-state index in [1.165, 1.54) is 5.56 Å². The van der Waals surface area contributed by atoms with E-state index in [1.54, 1.807) is 12.4 Å². The molecule has 4 nitrogen and oxygen atoms in total. The molecule has 0 aliphatic carbocycles. The lowest BCUT2D eigenvalue weighted by atomic mass is 9.89. The standard InChI is InChI=1S/C13H19N3O/c14-12(17)13(7-2-8-16-13)6-1-3-11-4-9-15-10-5-11/h4-5,9-10,16H,1-3,6-8H2,(H2,14,17)/t13-/m0/s1. The van der Waals surface area contributed by atoms with Crippen LogP contribution >= 0.6 is 0 Å². The number of carbonyl (C=O) groups excluding carboxylic acids is 1. The number of aromatic nitrogens is 1. The van der Waals surface area contributed by atoms with Gasteiger partial charge in [0.2, 0.25) is 5.91 Å². The Morgan fingerprint density at radius 2 is 2.24 bits per heavy atom. The minimum Gasteiger partial charge on any atom is -0.368 e. The van der Waals surface area contributed by atoms with E-state index in [2.05, 4.69) is 10.3 Å². The summed E-state index contributed by atoms with van der Waals surface area (Å²) in [5.41, 5.74) is 6.31. The molecule has 0 radical (unpaired) electrons. The van der Waals surface area contributed by atoms with E-state index in [9.17, 15) is 4.79 Å². The molecule has 0 spiro atoms. The van der Waals surface area contributed by atoms with Crippen LogP contribution in [-0.4, -0.2) is 23.0 Å². The van der Waals surface area contributed by atoms with Crippen molar-refractivity contribution in [2.75, 3.05) is 6.54 Å². The number of nitrogens with zero attached hydrogens (tertiary/aromatic N) is 1. The Labute approximate surface area is 102 Å². The van der Waals surface area contributed by atoms with Crippen molar-refractivity contribution in [1.82, 2.24) is 10.3 Å². The average Bonchev–Trinajstić information content (AvgIpc) is 2.80. The summed E-state index contributed by atoms with van der Waals surface area (Å²) in [4.78, 5) is 15.5. The summed E-state index contributed by atoms with van der Waals surface area (Å²) in [7, 11) is 0. The maximum absolute atomic E-state index is 11.5. The normalized spacial score (nSPS) is 23.8. The largest absolute Gasteiger partial charge is 0.368 e. The second-order valence-corrected chi connectivity index (χ2v) is 4.69. The predicted octanol–water partition coefficient (Wildman–Crippen LogP) is 1.01. The van der Waals surface area contributed by atoms with Gasteiger partial charge in [-0.3, -0.25) is 9.78 Å². The Balaban J connectivity index is 1.87. The monoisotopic (exact) mass is 233 g/mol. The molecule has 1 saturated heterocycles. The summed E-state index contributed by atoms with van der Waals surface area (Å²) >= 11 is 0. The first kappa shape index (κ1) is 12.0. The average molecular weight is 233 g/mol. The third kappa shape index (κ3) is 2.82. The van der Waals surface area contributed by atoms with Crippen LogP contribution in [0.25, 0.3) is 0 Å². The number of pyridine rings is 1.